The summed E-state index contributed by atoms with van der Waals surface area (Å²) in [4.78, 5) is 11.2. The Labute approximate surface area is 126 Å². The second-order valence-electron chi connectivity index (χ2n) is 4.27. The number of halogens is 1. The van der Waals surface area contributed by atoms with E-state index in [1.807, 2.05) is 0 Å². The van der Waals surface area contributed by atoms with Gasteiger partial charge in [0.2, 0.25) is 0 Å². The van der Waals surface area contributed by atoms with Crippen molar-refractivity contribution in [2.75, 3.05) is 6.26 Å². The number of sulfone groups is 1. The monoisotopic (exact) mass is 326 g/mol. The van der Waals surface area contributed by atoms with Crippen molar-refractivity contribution < 1.29 is 23.1 Å². The Morgan fingerprint density at radius 1 is 1.19 bits per heavy atom. The highest BCUT2D eigenvalue weighted by Gasteiger charge is 2.16. The molecule has 21 heavy (non-hydrogen) atoms. The SMILES string of the molecule is CS(=O)(=O)c1cccc(Oc2c(Cl)cccc2C(=O)O)c1. The zero-order chi connectivity index (χ0) is 15.6. The number of carboxylic acid groups (broad SMARTS) is 1. The zero-order valence-corrected chi connectivity index (χ0v) is 12.5. The Balaban J connectivity index is 2.46. The van der Waals surface area contributed by atoms with Crippen LogP contribution in [-0.4, -0.2) is 25.7 Å². The van der Waals surface area contributed by atoms with Crippen LogP contribution in [0.25, 0.3) is 0 Å². The fourth-order valence-electron chi connectivity index (χ4n) is 1.67. The van der Waals surface area contributed by atoms with Gasteiger partial charge in [0.15, 0.2) is 15.6 Å². The summed E-state index contributed by atoms with van der Waals surface area (Å²) in [7, 11) is -3.38. The molecule has 0 spiro atoms. The average molecular weight is 327 g/mol. The highest BCUT2D eigenvalue weighted by atomic mass is 35.5. The number of carboxylic acids is 1. The van der Waals surface area contributed by atoms with Gasteiger partial charge in [-0.3, -0.25) is 0 Å². The van der Waals surface area contributed by atoms with E-state index in [2.05, 4.69) is 0 Å². The Hall–Kier alpha value is -2.05. The second-order valence-corrected chi connectivity index (χ2v) is 6.69. The predicted octanol–water partition coefficient (Wildman–Crippen LogP) is 3.23. The summed E-state index contributed by atoms with van der Waals surface area (Å²) in [6, 6.07) is 10.1. The Bertz CT molecular complexity index is 799. The highest BCUT2D eigenvalue weighted by molar-refractivity contribution is 7.90. The van der Waals surface area contributed by atoms with E-state index in [9.17, 15) is 13.2 Å². The van der Waals surface area contributed by atoms with Crippen LogP contribution in [0.4, 0.5) is 0 Å². The van der Waals surface area contributed by atoms with Gasteiger partial charge in [-0.25, -0.2) is 13.2 Å². The van der Waals surface area contributed by atoms with Gasteiger partial charge >= 0.3 is 5.97 Å². The Kier molecular flexibility index (Phi) is 4.20. The van der Waals surface area contributed by atoms with E-state index >= 15 is 0 Å². The van der Waals surface area contributed by atoms with Gasteiger partial charge in [-0.15, -0.1) is 0 Å². The molecule has 1 N–H and O–H groups in total. The van der Waals surface area contributed by atoms with Gasteiger partial charge < -0.3 is 9.84 Å². The van der Waals surface area contributed by atoms with E-state index in [0.717, 1.165) is 6.26 Å². The molecular weight excluding hydrogens is 316 g/mol. The van der Waals surface area contributed by atoms with Gasteiger partial charge in [0.25, 0.3) is 0 Å². The molecule has 0 bridgehead atoms. The molecule has 0 aliphatic heterocycles. The number of rotatable bonds is 4. The first-order valence-electron chi connectivity index (χ1n) is 5.79. The number of para-hydroxylation sites is 1. The molecule has 0 heterocycles. The summed E-state index contributed by atoms with van der Waals surface area (Å²) >= 11 is 5.95. The first kappa shape index (κ1) is 15.3. The predicted molar refractivity (Wildman–Crippen MR) is 78.0 cm³/mol. The maximum atomic E-state index is 11.5. The van der Waals surface area contributed by atoms with Crippen LogP contribution in [0.5, 0.6) is 11.5 Å². The van der Waals surface area contributed by atoms with Crippen LogP contribution in [-0.2, 0) is 9.84 Å². The highest BCUT2D eigenvalue weighted by Crippen LogP contribution is 2.33. The van der Waals surface area contributed by atoms with E-state index in [-0.39, 0.29) is 27.0 Å². The average Bonchev–Trinajstić information content (AvgIpc) is 2.40. The van der Waals surface area contributed by atoms with Crippen molar-refractivity contribution in [1.82, 2.24) is 0 Å². The van der Waals surface area contributed by atoms with Crippen LogP contribution in [0, 0.1) is 0 Å². The van der Waals surface area contributed by atoms with Crippen LogP contribution < -0.4 is 4.74 Å². The minimum Gasteiger partial charge on any atom is -0.478 e. The second kappa shape index (κ2) is 5.75. The Morgan fingerprint density at radius 3 is 2.48 bits per heavy atom. The number of aromatic carboxylic acids is 1. The number of hydrogen-bond acceptors (Lipinski definition) is 4. The molecular formula is C14H11ClO5S. The number of carbonyl (C=O) groups is 1. The third kappa shape index (κ3) is 3.53. The van der Waals surface area contributed by atoms with Crippen molar-refractivity contribution in [3.63, 3.8) is 0 Å². The Morgan fingerprint density at radius 2 is 1.86 bits per heavy atom. The molecule has 2 rings (SSSR count). The van der Waals surface area contributed by atoms with Gasteiger partial charge in [0, 0.05) is 6.26 Å². The molecule has 0 unspecified atom stereocenters. The largest absolute Gasteiger partial charge is 0.478 e. The first-order valence-corrected chi connectivity index (χ1v) is 8.06. The molecule has 0 atom stereocenters. The van der Waals surface area contributed by atoms with E-state index in [1.165, 1.54) is 42.5 Å². The quantitative estimate of drug-likeness (QED) is 0.932. The van der Waals surface area contributed by atoms with Crippen molar-refractivity contribution in [2.24, 2.45) is 0 Å². The molecule has 0 aliphatic rings. The van der Waals surface area contributed by atoms with Crippen LogP contribution in [0.3, 0.4) is 0 Å². The van der Waals surface area contributed by atoms with Crippen molar-refractivity contribution in [3.8, 4) is 11.5 Å². The van der Waals surface area contributed by atoms with Gasteiger partial charge in [-0.05, 0) is 30.3 Å². The molecule has 2 aromatic carbocycles. The molecule has 0 saturated heterocycles. The van der Waals surface area contributed by atoms with Crippen LogP contribution in [0.2, 0.25) is 5.02 Å². The summed E-state index contributed by atoms with van der Waals surface area (Å²) in [5.41, 5.74) is -0.104. The summed E-state index contributed by atoms with van der Waals surface area (Å²) in [6.07, 6.45) is 1.07. The number of benzene rings is 2. The molecule has 0 aromatic heterocycles. The molecule has 0 saturated carbocycles. The van der Waals surface area contributed by atoms with Crippen LogP contribution in [0.1, 0.15) is 10.4 Å². The molecule has 0 aliphatic carbocycles. The minimum atomic E-state index is -3.38. The molecule has 0 radical (unpaired) electrons. The van der Waals surface area contributed by atoms with Crippen molar-refractivity contribution in [3.05, 3.63) is 53.1 Å². The summed E-state index contributed by atoms with van der Waals surface area (Å²) in [6.45, 7) is 0. The lowest BCUT2D eigenvalue weighted by Gasteiger charge is -2.11. The van der Waals surface area contributed by atoms with E-state index in [4.69, 9.17) is 21.4 Å². The zero-order valence-electron chi connectivity index (χ0n) is 10.9. The molecule has 5 nitrogen and oxygen atoms in total. The lowest BCUT2D eigenvalue weighted by Crippen LogP contribution is -2.01. The molecule has 2 aromatic rings. The van der Waals surface area contributed by atoms with Crippen LogP contribution >= 0.6 is 11.6 Å². The van der Waals surface area contributed by atoms with E-state index < -0.39 is 15.8 Å². The fraction of sp³-hybridized carbons (Fsp3) is 0.0714. The third-order valence-electron chi connectivity index (χ3n) is 2.65. The minimum absolute atomic E-state index is 0.0303. The third-order valence-corrected chi connectivity index (χ3v) is 4.06. The molecule has 0 amide bonds. The molecule has 7 heteroatoms. The molecule has 0 fully saturated rings. The molecule has 110 valence electrons. The maximum absolute atomic E-state index is 11.5. The van der Waals surface area contributed by atoms with Crippen molar-refractivity contribution >= 4 is 27.4 Å². The standard InChI is InChI=1S/C14H11ClO5S/c1-21(18,19)10-5-2-4-9(8-10)20-13-11(14(16)17)6-3-7-12(13)15/h2-8H,1H3,(H,16,17). The van der Waals surface area contributed by atoms with E-state index in [0.29, 0.717) is 0 Å². The maximum Gasteiger partial charge on any atom is 0.339 e. The summed E-state index contributed by atoms with van der Waals surface area (Å²) < 4.78 is 28.5. The topological polar surface area (TPSA) is 80.7 Å². The lowest BCUT2D eigenvalue weighted by atomic mass is 10.2. The van der Waals surface area contributed by atoms with E-state index in [1.54, 1.807) is 0 Å². The van der Waals surface area contributed by atoms with Gasteiger partial charge in [-0.2, -0.15) is 0 Å². The first-order chi connectivity index (χ1) is 9.79. The van der Waals surface area contributed by atoms with Gasteiger partial charge in [0.05, 0.1) is 9.92 Å². The smallest absolute Gasteiger partial charge is 0.339 e. The normalized spacial score (nSPS) is 11.1. The van der Waals surface area contributed by atoms with Gasteiger partial charge in [-0.1, -0.05) is 23.7 Å². The van der Waals surface area contributed by atoms with Crippen molar-refractivity contribution in [2.45, 2.75) is 4.90 Å². The number of hydrogen-bond donors (Lipinski definition) is 1. The summed E-state index contributed by atoms with van der Waals surface area (Å²) in [5.74, 6) is -1.03. The summed E-state index contributed by atoms with van der Waals surface area (Å²) in [5, 5.41) is 9.24. The fourth-order valence-corrected chi connectivity index (χ4v) is 2.54. The van der Waals surface area contributed by atoms with Crippen molar-refractivity contribution in [1.29, 1.82) is 0 Å². The van der Waals surface area contributed by atoms with Gasteiger partial charge in [0.1, 0.15) is 11.3 Å². The lowest BCUT2D eigenvalue weighted by molar-refractivity contribution is 0.0694. The van der Waals surface area contributed by atoms with Crippen LogP contribution in [0.15, 0.2) is 47.4 Å². The number of ether oxygens (including phenoxy) is 1.